The number of nitrogens with zero attached hydrogens (tertiary/aromatic N) is 3. The van der Waals surface area contributed by atoms with Crippen molar-refractivity contribution in [3.05, 3.63) is 63.5 Å². The van der Waals surface area contributed by atoms with Crippen LogP contribution in [0.4, 0.5) is 17.1 Å². The zero-order chi connectivity index (χ0) is 23.3. The molecule has 0 atom stereocenters. The highest BCUT2D eigenvalue weighted by Gasteiger charge is 2.21. The van der Waals surface area contributed by atoms with Gasteiger partial charge in [-0.25, -0.2) is 0 Å². The third-order valence-electron chi connectivity index (χ3n) is 4.78. The van der Waals surface area contributed by atoms with E-state index in [1.54, 1.807) is 13.2 Å². The Morgan fingerprint density at radius 3 is 2.72 bits per heavy atom. The van der Waals surface area contributed by atoms with Gasteiger partial charge in [-0.1, -0.05) is 31.1 Å². The summed E-state index contributed by atoms with van der Waals surface area (Å²) in [6.07, 6.45) is 0. The quantitative estimate of drug-likeness (QED) is 0.285. The van der Waals surface area contributed by atoms with Gasteiger partial charge in [0.05, 0.1) is 22.8 Å². The second kappa shape index (κ2) is 10.0. The molecule has 10 heteroatoms. The highest BCUT2D eigenvalue weighted by atomic mass is 16.6. The topological polar surface area (TPSA) is 132 Å². The van der Waals surface area contributed by atoms with Crippen LogP contribution in [0.25, 0.3) is 11.5 Å². The van der Waals surface area contributed by atoms with Crippen LogP contribution >= 0.6 is 0 Å². The Morgan fingerprint density at radius 1 is 1.28 bits per heavy atom. The number of anilines is 2. The van der Waals surface area contributed by atoms with Crippen molar-refractivity contribution in [2.75, 3.05) is 30.9 Å². The van der Waals surface area contributed by atoms with Gasteiger partial charge in [-0.2, -0.15) is 4.98 Å². The van der Waals surface area contributed by atoms with Crippen molar-refractivity contribution in [3.8, 4) is 11.5 Å². The molecule has 0 spiro atoms. The van der Waals surface area contributed by atoms with Gasteiger partial charge >= 0.3 is 0 Å². The van der Waals surface area contributed by atoms with Gasteiger partial charge in [-0.3, -0.25) is 14.9 Å². The molecule has 1 heterocycles. The van der Waals surface area contributed by atoms with Gasteiger partial charge in [0.1, 0.15) is 5.69 Å². The van der Waals surface area contributed by atoms with Crippen LogP contribution in [0.1, 0.15) is 41.5 Å². The Kier molecular flexibility index (Phi) is 7.16. The summed E-state index contributed by atoms with van der Waals surface area (Å²) >= 11 is 0. The number of rotatable bonds is 9. The maximum atomic E-state index is 13.0. The summed E-state index contributed by atoms with van der Waals surface area (Å²) in [4.78, 5) is 28.4. The minimum atomic E-state index is -0.531. The van der Waals surface area contributed by atoms with Crippen molar-refractivity contribution in [2.45, 2.75) is 26.7 Å². The summed E-state index contributed by atoms with van der Waals surface area (Å²) in [7, 11) is 1.54. The van der Waals surface area contributed by atoms with Crippen LogP contribution in [0.3, 0.4) is 0 Å². The fourth-order valence-electron chi connectivity index (χ4n) is 3.04. The molecule has 1 aromatic heterocycles. The molecule has 3 rings (SSSR count). The maximum Gasteiger partial charge on any atom is 0.293 e. The first-order valence-electron chi connectivity index (χ1n) is 10.1. The molecule has 0 fully saturated rings. The lowest BCUT2D eigenvalue weighted by atomic mass is 10.1. The van der Waals surface area contributed by atoms with Gasteiger partial charge in [0, 0.05) is 31.2 Å². The maximum absolute atomic E-state index is 13.0. The van der Waals surface area contributed by atoms with E-state index in [4.69, 9.17) is 9.26 Å². The van der Waals surface area contributed by atoms with E-state index in [1.807, 2.05) is 32.9 Å². The molecule has 32 heavy (non-hydrogen) atoms. The van der Waals surface area contributed by atoms with E-state index in [0.29, 0.717) is 35.9 Å². The van der Waals surface area contributed by atoms with E-state index in [2.05, 4.69) is 20.8 Å². The highest BCUT2D eigenvalue weighted by Crippen LogP contribution is 2.32. The first-order valence-corrected chi connectivity index (χ1v) is 10.1. The van der Waals surface area contributed by atoms with Gasteiger partial charge in [0.15, 0.2) is 5.82 Å². The zero-order valence-corrected chi connectivity index (χ0v) is 18.3. The smallest absolute Gasteiger partial charge is 0.293 e. The molecule has 0 radical (unpaired) electrons. The number of hydrogen-bond acceptors (Lipinski definition) is 8. The lowest BCUT2D eigenvalue weighted by molar-refractivity contribution is -0.384. The molecule has 3 aromatic rings. The molecule has 0 aliphatic carbocycles. The van der Waals surface area contributed by atoms with Crippen LogP contribution in [-0.4, -0.2) is 41.2 Å². The molecule has 0 bridgehead atoms. The monoisotopic (exact) mass is 439 g/mol. The predicted molar refractivity (Wildman–Crippen MR) is 120 cm³/mol. The van der Waals surface area contributed by atoms with Gasteiger partial charge in [0.2, 0.25) is 0 Å². The van der Waals surface area contributed by atoms with Crippen LogP contribution in [-0.2, 0) is 4.74 Å². The van der Waals surface area contributed by atoms with Gasteiger partial charge in [-0.15, -0.1) is 0 Å². The second-order valence-corrected chi connectivity index (χ2v) is 7.47. The van der Waals surface area contributed by atoms with Crippen molar-refractivity contribution >= 4 is 23.0 Å². The SMILES string of the molecule is COCCNc1ccc(C(=O)Nc2c(C)cccc2-c2nc(C(C)C)no2)cc1[N+](=O)[O-]. The molecule has 10 nitrogen and oxygen atoms in total. The Morgan fingerprint density at radius 2 is 2.06 bits per heavy atom. The fraction of sp³-hybridized carbons (Fsp3) is 0.318. The summed E-state index contributed by atoms with van der Waals surface area (Å²) < 4.78 is 10.3. The third kappa shape index (κ3) is 5.09. The minimum Gasteiger partial charge on any atom is -0.383 e. The molecule has 1 amide bonds. The average molecular weight is 439 g/mol. The minimum absolute atomic E-state index is 0.0897. The van der Waals surface area contributed by atoms with E-state index >= 15 is 0 Å². The van der Waals surface area contributed by atoms with Gasteiger partial charge in [-0.05, 0) is 30.7 Å². The van der Waals surface area contributed by atoms with Crippen molar-refractivity contribution in [1.82, 2.24) is 10.1 Å². The lowest BCUT2D eigenvalue weighted by Crippen LogP contribution is -2.15. The number of carbonyl (C=O) groups excluding carboxylic acids is 1. The molecule has 0 saturated carbocycles. The number of methoxy groups -OCH3 is 1. The van der Waals surface area contributed by atoms with Crippen molar-refractivity contribution in [2.24, 2.45) is 0 Å². The number of aromatic nitrogens is 2. The Balaban J connectivity index is 1.90. The van der Waals surface area contributed by atoms with E-state index < -0.39 is 10.8 Å². The summed E-state index contributed by atoms with van der Waals surface area (Å²) in [5, 5.41) is 21.3. The van der Waals surface area contributed by atoms with E-state index in [-0.39, 0.29) is 23.1 Å². The van der Waals surface area contributed by atoms with E-state index in [9.17, 15) is 14.9 Å². The number of nitrogens with one attached hydrogen (secondary N) is 2. The Labute approximate surface area is 185 Å². The van der Waals surface area contributed by atoms with Crippen molar-refractivity contribution < 1.29 is 19.0 Å². The van der Waals surface area contributed by atoms with Crippen molar-refractivity contribution in [1.29, 1.82) is 0 Å². The number of nitro groups is 1. The largest absolute Gasteiger partial charge is 0.383 e. The molecule has 0 aliphatic rings. The number of benzene rings is 2. The van der Waals surface area contributed by atoms with E-state index in [1.165, 1.54) is 18.2 Å². The molecule has 0 saturated heterocycles. The van der Waals surface area contributed by atoms with Crippen LogP contribution in [0.5, 0.6) is 0 Å². The molecular formula is C22H25N5O5. The molecule has 168 valence electrons. The van der Waals surface area contributed by atoms with Crippen LogP contribution in [0.2, 0.25) is 0 Å². The highest BCUT2D eigenvalue weighted by molar-refractivity contribution is 6.07. The summed E-state index contributed by atoms with van der Waals surface area (Å²) in [6, 6.07) is 9.71. The number of ether oxygens (including phenoxy) is 1. The van der Waals surface area contributed by atoms with Gasteiger partial charge < -0.3 is 19.9 Å². The predicted octanol–water partition coefficient (Wildman–Crippen LogP) is 4.39. The Hall–Kier alpha value is -3.79. The molecule has 0 aliphatic heterocycles. The number of aryl methyl sites for hydroxylation is 1. The second-order valence-electron chi connectivity index (χ2n) is 7.47. The van der Waals surface area contributed by atoms with Crippen LogP contribution in [0, 0.1) is 17.0 Å². The number of hydrogen-bond donors (Lipinski definition) is 2. The molecule has 2 N–H and O–H groups in total. The lowest BCUT2D eigenvalue weighted by Gasteiger charge is -2.13. The van der Waals surface area contributed by atoms with E-state index in [0.717, 1.165) is 5.56 Å². The zero-order valence-electron chi connectivity index (χ0n) is 18.3. The number of para-hydroxylation sites is 1. The number of nitro benzene ring substituents is 1. The summed E-state index contributed by atoms with van der Waals surface area (Å²) in [6.45, 7) is 6.54. The summed E-state index contributed by atoms with van der Waals surface area (Å²) in [5.74, 6) is 0.449. The van der Waals surface area contributed by atoms with Crippen LogP contribution in [0.15, 0.2) is 40.9 Å². The molecule has 0 unspecified atom stereocenters. The first-order chi connectivity index (χ1) is 15.3. The third-order valence-corrected chi connectivity index (χ3v) is 4.78. The van der Waals surface area contributed by atoms with Crippen LogP contribution < -0.4 is 10.6 Å². The standard InChI is InChI=1S/C22H25N5O5/c1-13(2)20-25-22(32-26-20)16-7-5-6-14(3)19(16)24-21(28)15-8-9-17(23-10-11-31-4)18(12-15)27(29)30/h5-9,12-13,23H,10-11H2,1-4H3,(H,24,28). The Bertz CT molecular complexity index is 1130. The average Bonchev–Trinajstić information content (AvgIpc) is 3.26. The number of carbonyl (C=O) groups is 1. The molecular weight excluding hydrogens is 414 g/mol. The molecule has 2 aromatic carbocycles. The van der Waals surface area contributed by atoms with Gasteiger partial charge in [0.25, 0.3) is 17.5 Å². The van der Waals surface area contributed by atoms with Crippen molar-refractivity contribution in [3.63, 3.8) is 0 Å². The fourth-order valence-corrected chi connectivity index (χ4v) is 3.04. The first kappa shape index (κ1) is 22.9. The number of amides is 1. The normalized spacial score (nSPS) is 10.9. The summed E-state index contributed by atoms with van der Waals surface area (Å²) in [5.41, 5.74) is 2.13.